The monoisotopic (exact) mass is 278 g/mol. The highest BCUT2D eigenvalue weighted by Gasteiger charge is 2.26. The number of piperidine rings is 1. The van der Waals surface area contributed by atoms with Crippen molar-refractivity contribution in [2.24, 2.45) is 11.7 Å². The number of pyridine rings is 1. The van der Waals surface area contributed by atoms with Crippen molar-refractivity contribution in [3.63, 3.8) is 0 Å². The van der Waals surface area contributed by atoms with Crippen molar-refractivity contribution in [1.82, 2.24) is 9.47 Å². The van der Waals surface area contributed by atoms with E-state index in [1.807, 2.05) is 0 Å². The number of hydrogen-bond donors (Lipinski definition) is 2. The standard InChI is InChI=1S/C13H18N4O3/c14-10-3-4-11(18)17(7-10)8-12(19)16-5-1-2-9(6-16)13(15)20/h3-4,7,9H,1-2,5-6,8,14H2,(H2,15,20). The number of anilines is 1. The number of hydrogen-bond acceptors (Lipinski definition) is 4. The highest BCUT2D eigenvalue weighted by atomic mass is 16.2. The number of nitrogen functional groups attached to an aromatic ring is 1. The van der Waals surface area contributed by atoms with E-state index >= 15 is 0 Å². The molecule has 0 saturated carbocycles. The molecule has 7 heteroatoms. The van der Waals surface area contributed by atoms with E-state index in [9.17, 15) is 14.4 Å². The second-order valence-electron chi connectivity index (χ2n) is 5.01. The largest absolute Gasteiger partial charge is 0.398 e. The van der Waals surface area contributed by atoms with Crippen LogP contribution in [0.5, 0.6) is 0 Å². The third kappa shape index (κ3) is 3.17. The minimum absolute atomic E-state index is 0.0741. The molecular formula is C13H18N4O3. The molecule has 0 aliphatic carbocycles. The van der Waals surface area contributed by atoms with E-state index in [0.29, 0.717) is 25.2 Å². The summed E-state index contributed by atoms with van der Waals surface area (Å²) in [6, 6.07) is 2.82. The Morgan fingerprint density at radius 3 is 2.80 bits per heavy atom. The maximum Gasteiger partial charge on any atom is 0.251 e. The molecule has 1 aliphatic heterocycles. The molecule has 2 heterocycles. The first-order valence-electron chi connectivity index (χ1n) is 6.50. The number of carbonyl (C=O) groups excluding carboxylic acids is 2. The summed E-state index contributed by atoms with van der Waals surface area (Å²) in [5.74, 6) is -0.891. The van der Waals surface area contributed by atoms with Crippen molar-refractivity contribution in [2.45, 2.75) is 19.4 Å². The van der Waals surface area contributed by atoms with Gasteiger partial charge < -0.3 is 20.9 Å². The molecule has 1 saturated heterocycles. The summed E-state index contributed by atoms with van der Waals surface area (Å²) in [5, 5.41) is 0. The number of carbonyl (C=O) groups is 2. The van der Waals surface area contributed by atoms with E-state index in [4.69, 9.17) is 11.5 Å². The van der Waals surface area contributed by atoms with Crippen molar-refractivity contribution in [3.8, 4) is 0 Å². The van der Waals surface area contributed by atoms with E-state index in [0.717, 1.165) is 6.42 Å². The summed E-state index contributed by atoms with van der Waals surface area (Å²) in [6.45, 7) is 0.834. The molecule has 1 aromatic heterocycles. The molecule has 108 valence electrons. The van der Waals surface area contributed by atoms with Gasteiger partial charge in [0.1, 0.15) is 6.54 Å². The van der Waals surface area contributed by atoms with Gasteiger partial charge in [-0.3, -0.25) is 14.4 Å². The first-order valence-corrected chi connectivity index (χ1v) is 6.50. The molecule has 1 aromatic rings. The minimum atomic E-state index is -0.386. The van der Waals surface area contributed by atoms with Crippen molar-refractivity contribution in [2.75, 3.05) is 18.8 Å². The molecule has 2 rings (SSSR count). The predicted octanol–water partition coefficient (Wildman–Crippen LogP) is -0.846. The van der Waals surface area contributed by atoms with Gasteiger partial charge in [0.25, 0.3) is 5.56 Å². The molecule has 7 nitrogen and oxygen atoms in total. The lowest BCUT2D eigenvalue weighted by Crippen LogP contribution is -2.45. The zero-order valence-corrected chi connectivity index (χ0v) is 11.1. The summed E-state index contributed by atoms with van der Waals surface area (Å²) in [4.78, 5) is 36.6. The lowest BCUT2D eigenvalue weighted by Gasteiger charge is -2.31. The van der Waals surface area contributed by atoms with E-state index in [1.54, 1.807) is 4.90 Å². The molecule has 1 aliphatic rings. The molecule has 0 spiro atoms. The second kappa shape index (κ2) is 5.77. The van der Waals surface area contributed by atoms with Crippen LogP contribution in [0.4, 0.5) is 5.69 Å². The van der Waals surface area contributed by atoms with Crippen LogP contribution in [-0.4, -0.2) is 34.4 Å². The Bertz CT molecular complexity index is 581. The van der Waals surface area contributed by atoms with Gasteiger partial charge in [-0.1, -0.05) is 0 Å². The smallest absolute Gasteiger partial charge is 0.251 e. The fraction of sp³-hybridized carbons (Fsp3) is 0.462. The SMILES string of the molecule is NC(=O)C1CCCN(C(=O)Cn2cc(N)ccc2=O)C1. The highest BCUT2D eigenvalue weighted by molar-refractivity contribution is 5.80. The first kappa shape index (κ1) is 14.1. The van der Waals surface area contributed by atoms with Gasteiger partial charge in [0.2, 0.25) is 11.8 Å². The number of amides is 2. The van der Waals surface area contributed by atoms with Gasteiger partial charge in [-0.05, 0) is 18.9 Å². The summed E-state index contributed by atoms with van der Waals surface area (Å²) >= 11 is 0. The lowest BCUT2D eigenvalue weighted by atomic mass is 9.97. The number of nitrogens with zero attached hydrogens (tertiary/aromatic N) is 2. The number of nitrogens with two attached hydrogens (primary N) is 2. The van der Waals surface area contributed by atoms with Crippen molar-refractivity contribution in [1.29, 1.82) is 0 Å². The van der Waals surface area contributed by atoms with Crippen LogP contribution in [0.2, 0.25) is 0 Å². The van der Waals surface area contributed by atoms with Crippen molar-refractivity contribution in [3.05, 3.63) is 28.7 Å². The van der Waals surface area contributed by atoms with E-state index in [2.05, 4.69) is 0 Å². The van der Waals surface area contributed by atoms with Gasteiger partial charge in [-0.2, -0.15) is 0 Å². The Labute approximate surface area is 116 Å². The molecule has 1 unspecified atom stereocenters. The highest BCUT2D eigenvalue weighted by Crippen LogP contribution is 2.16. The molecule has 1 fully saturated rings. The maximum absolute atomic E-state index is 12.2. The Morgan fingerprint density at radius 2 is 2.10 bits per heavy atom. The summed E-state index contributed by atoms with van der Waals surface area (Å²) in [6.07, 6.45) is 2.89. The zero-order valence-electron chi connectivity index (χ0n) is 11.1. The van der Waals surface area contributed by atoms with Crippen LogP contribution in [0.25, 0.3) is 0 Å². The molecule has 0 radical (unpaired) electrons. The van der Waals surface area contributed by atoms with Crippen LogP contribution in [-0.2, 0) is 16.1 Å². The lowest BCUT2D eigenvalue weighted by molar-refractivity contribution is -0.135. The van der Waals surface area contributed by atoms with Crippen LogP contribution in [0.15, 0.2) is 23.1 Å². The van der Waals surface area contributed by atoms with Crippen LogP contribution in [0, 0.1) is 5.92 Å². The number of rotatable bonds is 3. The Hall–Kier alpha value is -2.31. The average Bonchev–Trinajstić information content (AvgIpc) is 2.43. The molecule has 1 atom stereocenters. The van der Waals surface area contributed by atoms with Crippen molar-refractivity contribution >= 4 is 17.5 Å². The fourth-order valence-electron chi connectivity index (χ4n) is 2.36. The van der Waals surface area contributed by atoms with E-state index in [-0.39, 0.29) is 29.8 Å². The van der Waals surface area contributed by atoms with Gasteiger partial charge in [0, 0.05) is 31.0 Å². The van der Waals surface area contributed by atoms with Gasteiger partial charge in [-0.15, -0.1) is 0 Å². The predicted molar refractivity (Wildman–Crippen MR) is 73.6 cm³/mol. The average molecular weight is 278 g/mol. The summed E-state index contributed by atoms with van der Waals surface area (Å²) in [5.41, 5.74) is 11.0. The Kier molecular flexibility index (Phi) is 4.07. The van der Waals surface area contributed by atoms with Crippen LogP contribution >= 0.6 is 0 Å². The Balaban J connectivity index is 2.06. The van der Waals surface area contributed by atoms with Gasteiger partial charge in [-0.25, -0.2) is 0 Å². The third-order valence-electron chi connectivity index (χ3n) is 3.49. The van der Waals surface area contributed by atoms with Crippen LogP contribution in [0.1, 0.15) is 12.8 Å². The van der Waals surface area contributed by atoms with Crippen LogP contribution < -0.4 is 17.0 Å². The summed E-state index contributed by atoms with van der Waals surface area (Å²) in [7, 11) is 0. The third-order valence-corrected chi connectivity index (χ3v) is 3.49. The van der Waals surface area contributed by atoms with Crippen molar-refractivity contribution < 1.29 is 9.59 Å². The second-order valence-corrected chi connectivity index (χ2v) is 5.01. The molecule has 0 bridgehead atoms. The van der Waals surface area contributed by atoms with E-state index < -0.39 is 0 Å². The number of likely N-dealkylation sites (tertiary alicyclic amines) is 1. The van der Waals surface area contributed by atoms with Crippen LogP contribution in [0.3, 0.4) is 0 Å². The molecule has 2 amide bonds. The minimum Gasteiger partial charge on any atom is -0.398 e. The fourth-order valence-corrected chi connectivity index (χ4v) is 2.36. The van der Waals surface area contributed by atoms with Gasteiger partial charge in [0.05, 0.1) is 5.92 Å². The van der Waals surface area contributed by atoms with Gasteiger partial charge in [0.15, 0.2) is 0 Å². The van der Waals surface area contributed by atoms with E-state index in [1.165, 1.54) is 22.9 Å². The van der Waals surface area contributed by atoms with Gasteiger partial charge >= 0.3 is 0 Å². The summed E-state index contributed by atoms with van der Waals surface area (Å²) < 4.78 is 1.27. The Morgan fingerprint density at radius 1 is 1.35 bits per heavy atom. The molecule has 20 heavy (non-hydrogen) atoms. The molecule has 4 N–H and O–H groups in total. The molecule has 0 aromatic carbocycles. The zero-order chi connectivity index (χ0) is 14.7. The maximum atomic E-state index is 12.2. The number of primary amides is 1. The number of aromatic nitrogens is 1. The quantitative estimate of drug-likeness (QED) is 0.750. The molecular weight excluding hydrogens is 260 g/mol. The first-order chi connectivity index (χ1) is 9.47. The normalized spacial score (nSPS) is 18.8. The topological polar surface area (TPSA) is 111 Å².